The molecular weight excluding hydrogens is 191 g/mol. The van der Waals surface area contributed by atoms with Gasteiger partial charge in [-0.2, -0.15) is 0 Å². The quantitative estimate of drug-likeness (QED) is 0.416. The number of halogens is 2. The van der Waals surface area contributed by atoms with E-state index >= 15 is 0 Å². The van der Waals surface area contributed by atoms with E-state index in [1.807, 2.05) is 12.2 Å². The zero-order valence-corrected chi connectivity index (χ0v) is 8.16. The Kier molecular flexibility index (Phi) is 15.7. The second-order valence-corrected chi connectivity index (χ2v) is 1.46. The van der Waals surface area contributed by atoms with Crippen molar-refractivity contribution in [3.8, 4) is 0 Å². The Hall–Kier alpha value is 0.644. The van der Waals surface area contributed by atoms with Crippen molar-refractivity contribution >= 4 is 24.8 Å². The van der Waals surface area contributed by atoms with Gasteiger partial charge in [0.25, 0.3) is 0 Å². The van der Waals surface area contributed by atoms with Gasteiger partial charge in [-0.25, -0.2) is 18.6 Å². The van der Waals surface area contributed by atoms with Crippen molar-refractivity contribution < 1.29 is 21.7 Å². The fourth-order valence-corrected chi connectivity index (χ4v) is 0.492. The molecule has 0 fully saturated rings. The molecule has 1 aliphatic rings. The molecule has 0 heterocycles. The van der Waals surface area contributed by atoms with Crippen LogP contribution < -0.4 is 0 Å². The second kappa shape index (κ2) is 8.64. The topological polar surface area (TPSA) is 0 Å². The summed E-state index contributed by atoms with van der Waals surface area (Å²) in [6, 6.07) is 0. The van der Waals surface area contributed by atoms with Crippen LogP contribution in [0.15, 0.2) is 23.8 Å². The van der Waals surface area contributed by atoms with Gasteiger partial charge in [0.1, 0.15) is 0 Å². The largest absolute Gasteiger partial charge is 0.241 e. The Morgan fingerprint density at radius 3 is 2.00 bits per heavy atom. The Balaban J connectivity index is -0.000000120. The van der Waals surface area contributed by atoms with Gasteiger partial charge >= 0.3 is 0 Å². The predicted molar refractivity (Wildman–Crippen MR) is 41.7 cm³/mol. The van der Waals surface area contributed by atoms with Crippen molar-refractivity contribution in [2.24, 2.45) is 0 Å². The summed E-state index contributed by atoms with van der Waals surface area (Å²) < 4.78 is 0. The van der Waals surface area contributed by atoms with Crippen LogP contribution in [0, 0.1) is 6.92 Å². The molecule has 52 valence electrons. The van der Waals surface area contributed by atoms with Crippen molar-refractivity contribution in [2.75, 3.05) is 0 Å². The molecule has 1 rings (SSSR count). The van der Waals surface area contributed by atoms with E-state index in [4.69, 9.17) is 0 Å². The smallest absolute Gasteiger partial charge is 0 e. The van der Waals surface area contributed by atoms with Crippen LogP contribution in [0.4, 0.5) is 0 Å². The molecule has 0 aromatic heterocycles. The van der Waals surface area contributed by atoms with Crippen molar-refractivity contribution in [1.29, 1.82) is 0 Å². The van der Waals surface area contributed by atoms with E-state index < -0.39 is 0 Å². The summed E-state index contributed by atoms with van der Waals surface area (Å²) in [5.74, 6) is 0. The molecule has 0 amide bonds. The molecule has 3 heteroatoms. The molecule has 9 heavy (non-hydrogen) atoms. The minimum Gasteiger partial charge on any atom is -0.241 e. The molecule has 0 spiro atoms. The van der Waals surface area contributed by atoms with Crippen molar-refractivity contribution in [2.45, 2.75) is 6.42 Å². The Morgan fingerprint density at radius 1 is 1.33 bits per heavy atom. The van der Waals surface area contributed by atoms with Crippen LogP contribution in [0.2, 0.25) is 0 Å². The Bertz CT molecular complexity index is 108. The maximum Gasteiger partial charge on any atom is 0 e. The standard InChI is InChI=1S/C6H7.2ClH.Ti/c1-6-4-2-3-5-6;;;/h2-4H,1,5H2;2*1H;/q-1;;;. The first-order valence-electron chi connectivity index (χ1n) is 2.07. The van der Waals surface area contributed by atoms with E-state index in [0.717, 1.165) is 6.42 Å². The zero-order valence-electron chi connectivity index (χ0n) is 4.96. The average molecular weight is 200 g/mol. The van der Waals surface area contributed by atoms with Gasteiger partial charge in [-0.1, -0.05) is 0 Å². The van der Waals surface area contributed by atoms with E-state index in [0.29, 0.717) is 0 Å². The van der Waals surface area contributed by atoms with E-state index in [-0.39, 0.29) is 46.5 Å². The van der Waals surface area contributed by atoms with Crippen molar-refractivity contribution in [3.05, 3.63) is 30.7 Å². The predicted octanol–water partition coefficient (Wildman–Crippen LogP) is 2.55. The summed E-state index contributed by atoms with van der Waals surface area (Å²) in [5.41, 5.74) is 1.22. The molecule has 0 bridgehead atoms. The maximum atomic E-state index is 3.74. The molecule has 0 N–H and O–H groups in total. The van der Waals surface area contributed by atoms with Gasteiger partial charge in [-0.05, 0) is 6.42 Å². The van der Waals surface area contributed by atoms with Crippen LogP contribution in [0.5, 0.6) is 0 Å². The van der Waals surface area contributed by atoms with E-state index in [1.165, 1.54) is 5.57 Å². The first-order valence-corrected chi connectivity index (χ1v) is 2.07. The van der Waals surface area contributed by atoms with Gasteiger partial charge in [0.05, 0.1) is 0 Å². The van der Waals surface area contributed by atoms with E-state index in [9.17, 15) is 0 Å². The minimum atomic E-state index is 0. The molecule has 0 saturated carbocycles. The molecule has 0 saturated heterocycles. The summed E-state index contributed by atoms with van der Waals surface area (Å²) in [6.07, 6.45) is 7.21. The van der Waals surface area contributed by atoms with Gasteiger partial charge in [-0.3, -0.25) is 0 Å². The van der Waals surface area contributed by atoms with Crippen molar-refractivity contribution in [3.63, 3.8) is 0 Å². The molecule has 0 aromatic rings. The summed E-state index contributed by atoms with van der Waals surface area (Å²) >= 11 is 0. The van der Waals surface area contributed by atoms with Crippen LogP contribution in [0.25, 0.3) is 0 Å². The van der Waals surface area contributed by atoms with Gasteiger partial charge in [0.15, 0.2) is 0 Å². The summed E-state index contributed by atoms with van der Waals surface area (Å²) in [6.45, 7) is 3.74. The molecule has 0 atom stereocenters. The van der Waals surface area contributed by atoms with Crippen LogP contribution in [0.1, 0.15) is 6.42 Å². The molecular formula is C6H9Cl2Ti-. The maximum absolute atomic E-state index is 3.74. The van der Waals surface area contributed by atoms with Crippen LogP contribution >= 0.6 is 24.8 Å². The molecule has 0 unspecified atom stereocenters. The monoisotopic (exact) mass is 199 g/mol. The number of hydrogen-bond donors (Lipinski definition) is 0. The molecule has 0 aliphatic heterocycles. The molecule has 0 radical (unpaired) electrons. The van der Waals surface area contributed by atoms with E-state index in [2.05, 4.69) is 13.0 Å². The Labute approximate surface area is 83.5 Å². The zero-order chi connectivity index (χ0) is 4.41. The average Bonchev–Trinajstić information content (AvgIpc) is 1.86. The van der Waals surface area contributed by atoms with Gasteiger partial charge in [-0.15, -0.1) is 37.0 Å². The third kappa shape index (κ3) is 6.53. The van der Waals surface area contributed by atoms with Gasteiger partial charge < -0.3 is 0 Å². The SMILES string of the molecule is Cl.Cl.[CH2-]C1=CC=CC1.[Ti]. The molecule has 0 nitrogen and oxygen atoms in total. The second-order valence-electron chi connectivity index (χ2n) is 1.46. The molecule has 1 aliphatic carbocycles. The van der Waals surface area contributed by atoms with Crippen LogP contribution in [-0.4, -0.2) is 0 Å². The summed E-state index contributed by atoms with van der Waals surface area (Å²) in [5, 5.41) is 0. The fourth-order valence-electron chi connectivity index (χ4n) is 0.492. The van der Waals surface area contributed by atoms with Crippen LogP contribution in [-0.2, 0) is 21.7 Å². The summed E-state index contributed by atoms with van der Waals surface area (Å²) in [7, 11) is 0. The normalized spacial score (nSPS) is 12.2. The van der Waals surface area contributed by atoms with Crippen LogP contribution in [0.3, 0.4) is 0 Å². The fraction of sp³-hybridized carbons (Fsp3) is 0.167. The summed E-state index contributed by atoms with van der Waals surface area (Å²) in [4.78, 5) is 0. The van der Waals surface area contributed by atoms with E-state index in [1.54, 1.807) is 0 Å². The van der Waals surface area contributed by atoms with Gasteiger partial charge in [0.2, 0.25) is 0 Å². The first-order chi connectivity index (χ1) is 2.89. The number of allylic oxidation sites excluding steroid dienone is 4. The Morgan fingerprint density at radius 2 is 1.89 bits per heavy atom. The number of hydrogen-bond acceptors (Lipinski definition) is 0. The first kappa shape index (κ1) is 16.3. The minimum absolute atomic E-state index is 0. The third-order valence-corrected chi connectivity index (χ3v) is 0.848. The van der Waals surface area contributed by atoms with Gasteiger partial charge in [0, 0.05) is 21.7 Å². The molecule has 0 aromatic carbocycles. The third-order valence-electron chi connectivity index (χ3n) is 0.848. The number of rotatable bonds is 0. The van der Waals surface area contributed by atoms with Crippen molar-refractivity contribution in [1.82, 2.24) is 0 Å².